The first-order valence-electron chi connectivity index (χ1n) is 12.3. The molecule has 0 aliphatic rings. The number of rotatable bonds is 15. The van der Waals surface area contributed by atoms with Crippen molar-refractivity contribution >= 4 is 59.0 Å². The fourth-order valence-electron chi connectivity index (χ4n) is 3.13. The number of amides is 3. The van der Waals surface area contributed by atoms with E-state index in [4.69, 9.17) is 21.9 Å². The van der Waals surface area contributed by atoms with Gasteiger partial charge in [-0.1, -0.05) is 30.3 Å². The number of nitrogens with zero attached hydrogens (tertiary/aromatic N) is 1. The van der Waals surface area contributed by atoms with Crippen molar-refractivity contribution in [1.29, 1.82) is 0 Å². The highest BCUT2D eigenvalue weighted by atomic mass is 79.9. The summed E-state index contributed by atoms with van der Waals surface area (Å²) >= 11 is 0. The second kappa shape index (κ2) is 20.0. The smallest absolute Gasteiger partial charge is 0.325 e. The molecule has 1 aromatic rings. The Morgan fingerprint density at radius 2 is 1.57 bits per heavy atom. The largest absolute Gasteiger partial charge is 0.468 e. The van der Waals surface area contributed by atoms with Crippen LogP contribution in [-0.4, -0.2) is 80.2 Å². The molecule has 40 heavy (non-hydrogen) atoms. The minimum absolute atomic E-state index is 0. The zero-order valence-corrected chi connectivity index (χ0v) is 25.8. The van der Waals surface area contributed by atoms with Gasteiger partial charge in [0.25, 0.3) is 0 Å². The van der Waals surface area contributed by atoms with Crippen molar-refractivity contribution in [2.75, 3.05) is 26.8 Å². The number of carbonyl (C=O) groups is 4. The van der Waals surface area contributed by atoms with Crippen LogP contribution in [0.1, 0.15) is 39.2 Å². The highest BCUT2D eigenvalue weighted by molar-refractivity contribution is 8.93. The number of guanidine groups is 1. The molecule has 0 heterocycles. The van der Waals surface area contributed by atoms with Crippen LogP contribution in [0.2, 0.25) is 0 Å². The minimum atomic E-state index is -1.14. The van der Waals surface area contributed by atoms with Gasteiger partial charge >= 0.3 is 5.97 Å². The van der Waals surface area contributed by atoms with Crippen molar-refractivity contribution in [2.45, 2.75) is 63.8 Å². The van der Waals surface area contributed by atoms with Gasteiger partial charge in [-0.05, 0) is 39.2 Å². The Balaban J connectivity index is 0. The monoisotopic (exact) mass is 651 g/mol. The average Bonchev–Trinajstić information content (AvgIpc) is 2.86. The number of nitrogens with two attached hydrogens (primary N) is 3. The molecule has 0 saturated carbocycles. The molecule has 0 saturated heterocycles. The Hall–Kier alpha value is -2.94. The number of carbonyl (C=O) groups excluding carboxylic acids is 4. The highest BCUT2D eigenvalue weighted by Crippen LogP contribution is 2.09. The van der Waals surface area contributed by atoms with Crippen molar-refractivity contribution in [3.05, 3.63) is 35.9 Å². The number of ether oxygens (including phenoxy) is 2. The van der Waals surface area contributed by atoms with Crippen LogP contribution >= 0.6 is 29.4 Å². The lowest BCUT2D eigenvalue weighted by atomic mass is 10.0. The van der Waals surface area contributed by atoms with Crippen LogP contribution in [0, 0.1) is 0 Å². The van der Waals surface area contributed by atoms with Gasteiger partial charge in [0.05, 0.1) is 25.4 Å². The van der Waals surface area contributed by atoms with Crippen LogP contribution in [-0.2, 0) is 35.1 Å². The number of benzene rings is 1. The van der Waals surface area contributed by atoms with Gasteiger partial charge in [0.2, 0.25) is 17.7 Å². The van der Waals surface area contributed by atoms with Crippen LogP contribution < -0.4 is 33.2 Å². The SMILES string of the molecule is Br.COC(=O)CNC(=O)[C@H](COC(C)(C)C)NC(=O)[C@H](Cc1ccccc1)NC(=O)[C@@H](N)CCCN=C(N)N.Cl. The van der Waals surface area contributed by atoms with E-state index in [1.165, 1.54) is 7.11 Å². The maximum Gasteiger partial charge on any atom is 0.325 e. The van der Waals surface area contributed by atoms with Crippen LogP contribution in [0.15, 0.2) is 35.3 Å². The summed E-state index contributed by atoms with van der Waals surface area (Å²) in [7, 11) is 1.19. The predicted molar refractivity (Wildman–Crippen MR) is 160 cm³/mol. The first kappa shape index (κ1) is 39.2. The lowest BCUT2D eigenvalue weighted by Crippen LogP contribution is -2.58. The molecule has 15 heteroatoms. The van der Waals surface area contributed by atoms with E-state index < -0.39 is 47.4 Å². The first-order chi connectivity index (χ1) is 17.8. The average molecular weight is 653 g/mol. The minimum Gasteiger partial charge on any atom is -0.468 e. The summed E-state index contributed by atoms with van der Waals surface area (Å²) in [6.45, 7) is 5.16. The molecule has 3 atom stereocenters. The summed E-state index contributed by atoms with van der Waals surface area (Å²) in [6.07, 6.45) is 0.907. The highest BCUT2D eigenvalue weighted by Gasteiger charge is 2.29. The Morgan fingerprint density at radius 3 is 2.12 bits per heavy atom. The summed E-state index contributed by atoms with van der Waals surface area (Å²) in [6, 6.07) is 5.97. The molecule has 228 valence electrons. The quantitative estimate of drug-likeness (QED) is 0.0633. The summed E-state index contributed by atoms with van der Waals surface area (Å²) in [5.41, 5.74) is 16.8. The van der Waals surface area contributed by atoms with Crippen molar-refractivity contribution in [2.24, 2.45) is 22.2 Å². The third-order valence-electron chi connectivity index (χ3n) is 5.17. The number of hydrogen-bond acceptors (Lipinski definition) is 8. The van der Waals surface area contributed by atoms with E-state index in [-0.39, 0.29) is 54.9 Å². The molecule has 1 aromatic carbocycles. The lowest BCUT2D eigenvalue weighted by molar-refractivity contribution is -0.142. The molecule has 0 fully saturated rings. The van der Waals surface area contributed by atoms with E-state index in [0.717, 1.165) is 5.56 Å². The van der Waals surface area contributed by atoms with Crippen molar-refractivity contribution in [3.63, 3.8) is 0 Å². The number of nitrogens with one attached hydrogen (secondary N) is 3. The molecule has 13 nitrogen and oxygen atoms in total. The van der Waals surface area contributed by atoms with E-state index in [1.54, 1.807) is 20.8 Å². The fourth-order valence-corrected chi connectivity index (χ4v) is 3.13. The van der Waals surface area contributed by atoms with Gasteiger partial charge in [-0.2, -0.15) is 0 Å². The summed E-state index contributed by atoms with van der Waals surface area (Å²) in [5, 5.41) is 7.73. The van der Waals surface area contributed by atoms with Gasteiger partial charge in [-0.3, -0.25) is 24.2 Å². The Kier molecular flexibility index (Phi) is 19.6. The number of esters is 1. The van der Waals surface area contributed by atoms with Gasteiger partial charge in [0.15, 0.2) is 5.96 Å². The van der Waals surface area contributed by atoms with E-state index in [9.17, 15) is 19.2 Å². The van der Waals surface area contributed by atoms with Crippen LogP contribution in [0.4, 0.5) is 0 Å². The van der Waals surface area contributed by atoms with E-state index in [0.29, 0.717) is 19.4 Å². The van der Waals surface area contributed by atoms with E-state index >= 15 is 0 Å². The molecule has 0 spiro atoms. The van der Waals surface area contributed by atoms with Gasteiger partial charge < -0.3 is 42.6 Å². The number of methoxy groups -OCH3 is 1. The topological polar surface area (TPSA) is 213 Å². The molecule has 1 rings (SSSR count). The van der Waals surface area contributed by atoms with Gasteiger partial charge in [-0.25, -0.2) is 0 Å². The zero-order valence-electron chi connectivity index (χ0n) is 23.3. The van der Waals surface area contributed by atoms with Gasteiger partial charge in [-0.15, -0.1) is 29.4 Å². The second-order valence-corrected chi connectivity index (χ2v) is 9.58. The standard InChI is InChI=1S/C25H41N7O6.BrH.ClH/c1-25(2,3)38-15-19(22(35)30-14-20(33)37-4)32-23(36)18(13-16-9-6-5-7-10-16)31-21(34)17(26)11-8-12-29-24(27)28;;/h5-7,9-10,17-19H,8,11-15,26H2,1-4H3,(H,30,35)(H,31,34)(H,32,36)(H4,27,28,29);2*1H/t17-,18-,19-;;/m0../s1. The summed E-state index contributed by atoms with van der Waals surface area (Å²) in [4.78, 5) is 54.2. The van der Waals surface area contributed by atoms with Crippen LogP contribution in [0.25, 0.3) is 0 Å². The molecule has 0 radical (unpaired) electrons. The molecular formula is C25H43BrClN7O6. The third kappa shape index (κ3) is 16.9. The van der Waals surface area contributed by atoms with Crippen molar-refractivity contribution in [3.8, 4) is 0 Å². The summed E-state index contributed by atoms with van der Waals surface area (Å²) in [5.74, 6) is -2.50. The molecule has 3 amide bonds. The van der Waals surface area contributed by atoms with Crippen LogP contribution in [0.3, 0.4) is 0 Å². The van der Waals surface area contributed by atoms with Crippen LogP contribution in [0.5, 0.6) is 0 Å². The van der Waals surface area contributed by atoms with E-state index in [1.807, 2.05) is 30.3 Å². The normalized spacial score (nSPS) is 12.7. The molecule has 0 unspecified atom stereocenters. The second-order valence-electron chi connectivity index (χ2n) is 9.58. The number of hydrogen-bond donors (Lipinski definition) is 6. The van der Waals surface area contributed by atoms with E-state index in [2.05, 4.69) is 25.7 Å². The number of halogens is 2. The molecule has 0 aliphatic carbocycles. The molecule has 9 N–H and O–H groups in total. The zero-order chi connectivity index (χ0) is 28.7. The molecule has 0 aliphatic heterocycles. The predicted octanol–water partition coefficient (Wildman–Crippen LogP) is -0.316. The third-order valence-corrected chi connectivity index (χ3v) is 5.17. The molecule has 0 aromatic heterocycles. The molecular weight excluding hydrogens is 610 g/mol. The lowest BCUT2D eigenvalue weighted by Gasteiger charge is -2.27. The molecule has 0 bridgehead atoms. The first-order valence-corrected chi connectivity index (χ1v) is 12.3. The van der Waals surface area contributed by atoms with Crippen molar-refractivity contribution in [1.82, 2.24) is 16.0 Å². The Morgan fingerprint density at radius 1 is 0.975 bits per heavy atom. The van der Waals surface area contributed by atoms with Crippen molar-refractivity contribution < 1.29 is 28.7 Å². The van der Waals surface area contributed by atoms with Gasteiger partial charge in [0.1, 0.15) is 18.6 Å². The maximum absolute atomic E-state index is 13.3. The Labute approximate surface area is 251 Å². The Bertz CT molecular complexity index is 959. The summed E-state index contributed by atoms with van der Waals surface area (Å²) < 4.78 is 10.3. The maximum atomic E-state index is 13.3. The van der Waals surface area contributed by atoms with Gasteiger partial charge in [0, 0.05) is 13.0 Å². The number of aliphatic imine (C=N–C) groups is 1. The fraction of sp³-hybridized carbons (Fsp3) is 0.560.